The van der Waals surface area contributed by atoms with Crippen LogP contribution in [0.4, 0.5) is 0 Å². The van der Waals surface area contributed by atoms with Crippen LogP contribution in [-0.4, -0.2) is 24.5 Å². The number of hydrogen-bond acceptors (Lipinski definition) is 4. The highest BCUT2D eigenvalue weighted by Gasteiger charge is 2.04. The van der Waals surface area contributed by atoms with Crippen LogP contribution in [0, 0.1) is 0 Å². The van der Waals surface area contributed by atoms with Gasteiger partial charge >= 0.3 is 5.69 Å². The Kier molecular flexibility index (Phi) is 2.18. The summed E-state index contributed by atoms with van der Waals surface area (Å²) in [7, 11) is 0. The van der Waals surface area contributed by atoms with Gasteiger partial charge in [0.25, 0.3) is 0 Å². The Morgan fingerprint density at radius 2 is 2.24 bits per heavy atom. The number of aromatic amines is 1. The third kappa shape index (κ3) is 1.80. The third-order valence-corrected chi connectivity index (χ3v) is 2.44. The van der Waals surface area contributed by atoms with Crippen molar-refractivity contribution < 1.29 is 0 Å². The SMILES string of the molecule is O=c1nc2nc[nH]c2cn1Cc1ccccn1. The Bertz CT molecular complexity index is 700. The fraction of sp³-hybridized carbons (Fsp3) is 0.0909. The molecule has 0 aromatic carbocycles. The Hall–Kier alpha value is -2.50. The summed E-state index contributed by atoms with van der Waals surface area (Å²) in [6.45, 7) is 0.404. The van der Waals surface area contributed by atoms with E-state index >= 15 is 0 Å². The molecule has 1 N–H and O–H groups in total. The van der Waals surface area contributed by atoms with Gasteiger partial charge < -0.3 is 4.98 Å². The highest BCUT2D eigenvalue weighted by Crippen LogP contribution is 2.03. The van der Waals surface area contributed by atoms with E-state index in [1.165, 1.54) is 10.9 Å². The summed E-state index contributed by atoms with van der Waals surface area (Å²) in [5, 5.41) is 0. The summed E-state index contributed by atoms with van der Waals surface area (Å²) in [5.74, 6) is 0. The van der Waals surface area contributed by atoms with E-state index in [9.17, 15) is 4.79 Å². The molecule has 0 amide bonds. The molecule has 0 bridgehead atoms. The molecule has 3 rings (SSSR count). The van der Waals surface area contributed by atoms with E-state index in [1.54, 1.807) is 12.4 Å². The van der Waals surface area contributed by atoms with E-state index in [0.717, 1.165) is 11.2 Å². The van der Waals surface area contributed by atoms with Crippen LogP contribution in [0.3, 0.4) is 0 Å². The number of hydrogen-bond donors (Lipinski definition) is 1. The lowest BCUT2D eigenvalue weighted by molar-refractivity contribution is 0.719. The summed E-state index contributed by atoms with van der Waals surface area (Å²) in [4.78, 5) is 26.6. The smallest absolute Gasteiger partial charge is 0.342 e. The minimum absolute atomic E-state index is 0.324. The number of nitrogens with one attached hydrogen (secondary N) is 1. The van der Waals surface area contributed by atoms with Crippen molar-refractivity contribution in [2.75, 3.05) is 0 Å². The van der Waals surface area contributed by atoms with E-state index in [-0.39, 0.29) is 5.69 Å². The van der Waals surface area contributed by atoms with Crippen LogP contribution in [0.15, 0.2) is 41.7 Å². The summed E-state index contributed by atoms with van der Waals surface area (Å²) in [6, 6.07) is 5.59. The summed E-state index contributed by atoms with van der Waals surface area (Å²) >= 11 is 0. The van der Waals surface area contributed by atoms with E-state index in [2.05, 4.69) is 19.9 Å². The minimum atomic E-state index is -0.324. The lowest BCUT2D eigenvalue weighted by atomic mass is 10.3. The first-order valence-electron chi connectivity index (χ1n) is 5.13. The van der Waals surface area contributed by atoms with Crippen molar-refractivity contribution >= 4 is 11.2 Å². The normalized spacial score (nSPS) is 10.8. The second-order valence-corrected chi connectivity index (χ2v) is 3.61. The summed E-state index contributed by atoms with van der Waals surface area (Å²) in [6.07, 6.45) is 4.91. The van der Waals surface area contributed by atoms with Gasteiger partial charge in [0, 0.05) is 12.4 Å². The molecule has 3 heterocycles. The molecule has 17 heavy (non-hydrogen) atoms. The quantitative estimate of drug-likeness (QED) is 0.694. The van der Waals surface area contributed by atoms with Gasteiger partial charge in [-0.3, -0.25) is 9.55 Å². The molecule has 6 nitrogen and oxygen atoms in total. The molecule has 0 aliphatic rings. The predicted octanol–water partition coefficient (Wildman–Crippen LogP) is 0.563. The van der Waals surface area contributed by atoms with Crippen LogP contribution in [0.5, 0.6) is 0 Å². The average molecular weight is 227 g/mol. The molecule has 0 aliphatic heterocycles. The predicted molar refractivity (Wildman–Crippen MR) is 61.5 cm³/mol. The molecular weight excluding hydrogens is 218 g/mol. The Balaban J connectivity index is 2.05. The minimum Gasteiger partial charge on any atom is -0.342 e. The molecule has 0 saturated carbocycles. The van der Waals surface area contributed by atoms with E-state index in [1.807, 2.05) is 18.2 Å². The number of imidazole rings is 1. The Morgan fingerprint density at radius 3 is 3.06 bits per heavy atom. The molecule has 3 aromatic heterocycles. The molecular formula is C11H9N5O. The van der Waals surface area contributed by atoms with E-state index < -0.39 is 0 Å². The van der Waals surface area contributed by atoms with Crippen molar-refractivity contribution in [3.05, 3.63) is 53.1 Å². The molecule has 0 radical (unpaired) electrons. The molecule has 3 aromatic rings. The van der Waals surface area contributed by atoms with Crippen LogP contribution in [0.2, 0.25) is 0 Å². The van der Waals surface area contributed by atoms with Crippen molar-refractivity contribution in [2.45, 2.75) is 6.54 Å². The lowest BCUT2D eigenvalue weighted by Gasteiger charge is -2.03. The van der Waals surface area contributed by atoms with Gasteiger partial charge in [-0.05, 0) is 12.1 Å². The van der Waals surface area contributed by atoms with E-state index in [4.69, 9.17) is 0 Å². The van der Waals surface area contributed by atoms with Gasteiger partial charge in [0.15, 0.2) is 5.65 Å². The lowest BCUT2D eigenvalue weighted by Crippen LogP contribution is -2.23. The number of aromatic nitrogens is 5. The zero-order valence-electron chi connectivity index (χ0n) is 8.87. The third-order valence-electron chi connectivity index (χ3n) is 2.44. The highest BCUT2D eigenvalue weighted by molar-refractivity contribution is 5.67. The Labute approximate surface area is 96.0 Å². The van der Waals surface area contributed by atoms with Gasteiger partial charge in [-0.15, -0.1) is 0 Å². The monoisotopic (exact) mass is 227 g/mol. The van der Waals surface area contributed by atoms with Gasteiger partial charge in [0.1, 0.15) is 5.52 Å². The van der Waals surface area contributed by atoms with Gasteiger partial charge in [-0.2, -0.15) is 4.98 Å². The Morgan fingerprint density at radius 1 is 1.29 bits per heavy atom. The summed E-state index contributed by atoms with van der Waals surface area (Å²) < 4.78 is 1.50. The molecule has 6 heteroatoms. The number of rotatable bonds is 2. The number of nitrogens with zero attached hydrogens (tertiary/aromatic N) is 4. The molecule has 84 valence electrons. The number of H-pyrrole nitrogens is 1. The molecule has 0 fully saturated rings. The van der Waals surface area contributed by atoms with Crippen molar-refractivity contribution in [1.82, 2.24) is 24.5 Å². The van der Waals surface area contributed by atoms with Crippen molar-refractivity contribution in [2.24, 2.45) is 0 Å². The summed E-state index contributed by atoms with van der Waals surface area (Å²) in [5.41, 5.74) is 1.67. The maximum absolute atomic E-state index is 11.7. The topological polar surface area (TPSA) is 76.5 Å². The maximum Gasteiger partial charge on any atom is 0.350 e. The van der Waals surface area contributed by atoms with E-state index in [0.29, 0.717) is 12.2 Å². The van der Waals surface area contributed by atoms with Crippen molar-refractivity contribution in [3.63, 3.8) is 0 Å². The first-order chi connectivity index (χ1) is 8.33. The van der Waals surface area contributed by atoms with Crippen LogP contribution in [0.25, 0.3) is 11.2 Å². The first kappa shape index (κ1) is 9.71. The average Bonchev–Trinajstić information content (AvgIpc) is 2.78. The number of fused-ring (bicyclic) bond motifs is 1. The fourth-order valence-electron chi connectivity index (χ4n) is 1.63. The van der Waals surface area contributed by atoms with Gasteiger partial charge in [-0.25, -0.2) is 9.78 Å². The van der Waals surface area contributed by atoms with Crippen molar-refractivity contribution in [3.8, 4) is 0 Å². The van der Waals surface area contributed by atoms with Gasteiger partial charge in [0.2, 0.25) is 0 Å². The maximum atomic E-state index is 11.7. The standard InChI is InChI=1S/C11H9N5O/c17-11-15-10-9(13-7-14-10)6-16(11)5-8-3-1-2-4-12-8/h1-4,6-7H,5H2,(H,13,14,15,17). The number of pyridine rings is 1. The molecule has 0 spiro atoms. The molecule has 0 aliphatic carbocycles. The van der Waals surface area contributed by atoms with Crippen LogP contribution < -0.4 is 5.69 Å². The first-order valence-corrected chi connectivity index (χ1v) is 5.13. The largest absolute Gasteiger partial charge is 0.350 e. The van der Waals surface area contributed by atoms with Crippen molar-refractivity contribution in [1.29, 1.82) is 0 Å². The van der Waals surface area contributed by atoms with Crippen LogP contribution >= 0.6 is 0 Å². The van der Waals surface area contributed by atoms with Crippen LogP contribution in [-0.2, 0) is 6.54 Å². The molecule has 0 atom stereocenters. The zero-order valence-corrected chi connectivity index (χ0v) is 8.87. The second kappa shape index (κ2) is 3.82. The van der Waals surface area contributed by atoms with Crippen LogP contribution in [0.1, 0.15) is 5.69 Å². The van der Waals surface area contributed by atoms with Gasteiger partial charge in [0.05, 0.1) is 18.6 Å². The highest BCUT2D eigenvalue weighted by atomic mass is 16.1. The van der Waals surface area contributed by atoms with Gasteiger partial charge in [-0.1, -0.05) is 6.07 Å². The second-order valence-electron chi connectivity index (χ2n) is 3.61. The fourth-order valence-corrected chi connectivity index (χ4v) is 1.63. The zero-order chi connectivity index (χ0) is 11.7. The molecule has 0 unspecified atom stereocenters. The molecule has 0 saturated heterocycles.